The maximum absolute atomic E-state index is 13.0. The Bertz CT molecular complexity index is 1450. The van der Waals surface area contributed by atoms with Gasteiger partial charge in [0.1, 0.15) is 11.5 Å². The third-order valence-electron chi connectivity index (χ3n) is 12.5. The summed E-state index contributed by atoms with van der Waals surface area (Å²) in [5, 5.41) is 15.2. The molecule has 2 aliphatic carbocycles. The Balaban J connectivity index is 0.000000223. The van der Waals surface area contributed by atoms with Crippen molar-refractivity contribution < 1.29 is 14.6 Å². The van der Waals surface area contributed by atoms with E-state index in [-0.39, 0.29) is 11.4 Å². The van der Waals surface area contributed by atoms with Gasteiger partial charge in [0.05, 0.1) is 0 Å². The van der Waals surface area contributed by atoms with Crippen molar-refractivity contribution in [2.75, 3.05) is 58.9 Å². The van der Waals surface area contributed by atoms with Gasteiger partial charge in [-0.1, -0.05) is 48.9 Å². The highest BCUT2D eigenvalue weighted by Gasteiger charge is 2.63. The number of benzene rings is 2. The molecule has 0 aromatic heterocycles. The molecule has 7 rings (SSSR count). The zero-order chi connectivity index (χ0) is 34.1. The summed E-state index contributed by atoms with van der Waals surface area (Å²) in [5.74, 6) is -0.643. The first-order valence-electron chi connectivity index (χ1n) is 18.6. The number of hydrogen-bond acceptors (Lipinski definition) is 7. The lowest BCUT2D eigenvalue weighted by Crippen LogP contribution is -2.56. The second kappa shape index (κ2) is 14.7. The average Bonchev–Trinajstić information content (AvgIpc) is 3.31. The molecule has 7 heteroatoms. The minimum atomic E-state index is -1.06. The molecule has 1 saturated carbocycles. The number of nitrogens with one attached hydrogen (secondary N) is 1. The molecule has 4 atom stereocenters. The van der Waals surface area contributed by atoms with Crippen molar-refractivity contribution in [3.8, 4) is 0 Å². The standard InChI is InChI=1S/C28H40N2O3.C13H20N2/c1-19-7-5-8-20(2)22(19)17-29-13-15-30(16-14-29)18-23-26(31)33-25-24-21(3)9-6-10-27(24,4)11-12-28(23,25)32;1-11-4-3-5-12(2)13(11)10-15-8-6-14-7-9-15/h5,7-8,23,25,32H,6,9-18H2,1-4H3;3-5,14H,6-10H2,1-2H3/t23?,25-,27+,28?;/m0./s1. The van der Waals surface area contributed by atoms with E-state index in [0.717, 1.165) is 71.6 Å². The lowest BCUT2D eigenvalue weighted by Gasteiger charge is -2.49. The number of fused-ring (bicyclic) bond motifs is 3. The molecule has 0 amide bonds. The van der Waals surface area contributed by atoms with E-state index in [0.29, 0.717) is 13.0 Å². The number of piperazine rings is 2. The Morgan fingerprint density at radius 3 is 1.85 bits per heavy atom. The maximum atomic E-state index is 13.0. The van der Waals surface area contributed by atoms with E-state index in [1.807, 2.05) is 0 Å². The molecule has 3 saturated heterocycles. The first kappa shape index (κ1) is 35.3. The summed E-state index contributed by atoms with van der Waals surface area (Å²) in [6, 6.07) is 13.1. The van der Waals surface area contributed by atoms with Crippen LogP contribution in [0, 0.1) is 39.0 Å². The van der Waals surface area contributed by atoms with Crippen molar-refractivity contribution >= 4 is 5.97 Å². The quantitative estimate of drug-likeness (QED) is 0.306. The lowest BCUT2D eigenvalue weighted by molar-refractivity contribution is -0.144. The summed E-state index contributed by atoms with van der Waals surface area (Å²) in [6.07, 6.45) is 4.55. The van der Waals surface area contributed by atoms with Gasteiger partial charge in [-0.3, -0.25) is 19.5 Å². The molecule has 5 aliphatic rings. The molecule has 3 heterocycles. The Hall–Kier alpha value is -2.55. The van der Waals surface area contributed by atoms with E-state index in [4.69, 9.17) is 4.74 Å². The monoisotopic (exact) mass is 656 g/mol. The molecule has 262 valence electrons. The van der Waals surface area contributed by atoms with Crippen LogP contribution in [0.3, 0.4) is 0 Å². The fourth-order valence-corrected chi connectivity index (χ4v) is 9.24. The fourth-order valence-electron chi connectivity index (χ4n) is 9.24. The van der Waals surface area contributed by atoms with Crippen LogP contribution in [0.2, 0.25) is 0 Å². The summed E-state index contributed by atoms with van der Waals surface area (Å²) < 4.78 is 5.97. The molecule has 2 N–H and O–H groups in total. The zero-order valence-electron chi connectivity index (χ0n) is 30.5. The highest BCUT2D eigenvalue weighted by atomic mass is 16.6. The van der Waals surface area contributed by atoms with E-state index < -0.39 is 17.6 Å². The smallest absolute Gasteiger partial charge is 0.314 e. The fraction of sp³-hybridized carbons (Fsp3) is 0.634. The third kappa shape index (κ3) is 7.32. The van der Waals surface area contributed by atoms with Gasteiger partial charge in [-0.25, -0.2) is 0 Å². The first-order valence-corrected chi connectivity index (χ1v) is 18.6. The van der Waals surface area contributed by atoms with Crippen LogP contribution in [-0.2, 0) is 22.6 Å². The van der Waals surface area contributed by atoms with Gasteiger partial charge in [0.2, 0.25) is 0 Å². The number of aliphatic hydroxyl groups is 1. The van der Waals surface area contributed by atoms with Crippen molar-refractivity contribution in [3.63, 3.8) is 0 Å². The van der Waals surface area contributed by atoms with Gasteiger partial charge >= 0.3 is 5.97 Å². The van der Waals surface area contributed by atoms with E-state index in [2.05, 4.69) is 98.0 Å². The Kier molecular flexibility index (Phi) is 10.8. The van der Waals surface area contributed by atoms with Crippen LogP contribution in [-0.4, -0.2) is 96.4 Å². The lowest BCUT2D eigenvalue weighted by atomic mass is 9.58. The summed E-state index contributed by atoms with van der Waals surface area (Å²) in [7, 11) is 0. The van der Waals surface area contributed by atoms with Crippen molar-refractivity contribution in [3.05, 3.63) is 80.9 Å². The van der Waals surface area contributed by atoms with Crippen LogP contribution in [0.15, 0.2) is 47.5 Å². The summed E-state index contributed by atoms with van der Waals surface area (Å²) in [5.41, 5.74) is 10.1. The summed E-state index contributed by atoms with van der Waals surface area (Å²) in [4.78, 5) is 20.5. The molecule has 0 radical (unpaired) electrons. The maximum Gasteiger partial charge on any atom is 0.314 e. The van der Waals surface area contributed by atoms with Crippen molar-refractivity contribution in [1.29, 1.82) is 0 Å². The van der Waals surface area contributed by atoms with Crippen molar-refractivity contribution in [2.24, 2.45) is 11.3 Å². The normalized spacial score (nSPS) is 29.9. The number of aryl methyl sites for hydroxylation is 4. The number of carbonyl (C=O) groups excluding carboxylic acids is 1. The van der Waals surface area contributed by atoms with E-state index in [9.17, 15) is 9.90 Å². The van der Waals surface area contributed by atoms with Gasteiger partial charge in [0.15, 0.2) is 6.10 Å². The van der Waals surface area contributed by atoms with Gasteiger partial charge in [-0.2, -0.15) is 0 Å². The number of esters is 1. The minimum absolute atomic E-state index is 0.0771. The van der Waals surface area contributed by atoms with Gasteiger partial charge in [-0.05, 0) is 111 Å². The minimum Gasteiger partial charge on any atom is -0.454 e. The molecule has 0 bridgehead atoms. The highest BCUT2D eigenvalue weighted by Crippen LogP contribution is 2.57. The molecule has 2 unspecified atom stereocenters. The number of rotatable bonds is 6. The Labute approximate surface area is 289 Å². The van der Waals surface area contributed by atoms with Crippen LogP contribution >= 0.6 is 0 Å². The molecule has 4 fully saturated rings. The predicted octanol–water partition coefficient (Wildman–Crippen LogP) is 5.70. The molecule has 2 aromatic carbocycles. The van der Waals surface area contributed by atoms with E-state index >= 15 is 0 Å². The number of carbonyl (C=O) groups is 1. The number of nitrogens with zero attached hydrogens (tertiary/aromatic N) is 3. The van der Waals surface area contributed by atoms with Crippen LogP contribution in [0.1, 0.15) is 79.3 Å². The Morgan fingerprint density at radius 2 is 1.29 bits per heavy atom. The molecule has 7 nitrogen and oxygen atoms in total. The third-order valence-corrected chi connectivity index (χ3v) is 12.5. The molecular formula is C41H60N4O3. The van der Waals surface area contributed by atoms with E-state index in [1.165, 1.54) is 64.0 Å². The van der Waals surface area contributed by atoms with Gasteiger partial charge < -0.3 is 15.2 Å². The van der Waals surface area contributed by atoms with Crippen LogP contribution in [0.5, 0.6) is 0 Å². The summed E-state index contributed by atoms with van der Waals surface area (Å²) >= 11 is 0. The largest absolute Gasteiger partial charge is 0.454 e. The second-order valence-electron chi connectivity index (χ2n) is 15.8. The SMILES string of the molecule is CC1=C2[C@@H]3OC(=O)C(CN4CCN(Cc5c(C)cccc5C)CC4)C3(O)CC[C@@]2(C)CCC1.Cc1cccc(C)c1CN1CCNCC1. The topological polar surface area (TPSA) is 68.3 Å². The highest BCUT2D eigenvalue weighted by molar-refractivity contribution is 5.78. The van der Waals surface area contributed by atoms with Gasteiger partial charge in [-0.15, -0.1) is 0 Å². The predicted molar refractivity (Wildman–Crippen MR) is 194 cm³/mol. The van der Waals surface area contributed by atoms with Gasteiger partial charge in [0, 0.05) is 72.0 Å². The molecule has 0 spiro atoms. The average molecular weight is 657 g/mol. The first-order chi connectivity index (χ1) is 23.0. The molecular weight excluding hydrogens is 596 g/mol. The zero-order valence-corrected chi connectivity index (χ0v) is 30.5. The Morgan fingerprint density at radius 1 is 0.771 bits per heavy atom. The van der Waals surface area contributed by atoms with Crippen LogP contribution in [0.4, 0.5) is 0 Å². The van der Waals surface area contributed by atoms with Crippen molar-refractivity contribution in [1.82, 2.24) is 20.0 Å². The second-order valence-corrected chi connectivity index (χ2v) is 15.8. The number of hydrogen-bond donors (Lipinski definition) is 2. The molecule has 2 aromatic rings. The van der Waals surface area contributed by atoms with Gasteiger partial charge in [0.25, 0.3) is 0 Å². The number of ether oxygens (including phenoxy) is 1. The van der Waals surface area contributed by atoms with E-state index in [1.54, 1.807) is 0 Å². The van der Waals surface area contributed by atoms with Crippen LogP contribution in [0.25, 0.3) is 0 Å². The number of allylic oxidation sites excluding steroid dienone is 1. The van der Waals surface area contributed by atoms with Crippen LogP contribution < -0.4 is 5.32 Å². The molecule has 3 aliphatic heterocycles. The molecule has 48 heavy (non-hydrogen) atoms. The van der Waals surface area contributed by atoms with Crippen molar-refractivity contribution in [2.45, 2.75) is 98.4 Å². The summed E-state index contributed by atoms with van der Waals surface area (Å²) in [6.45, 7) is 24.4.